The Hall–Kier alpha value is -2.89. The molecule has 0 spiro atoms. The van der Waals surface area contributed by atoms with E-state index in [1.54, 1.807) is 19.9 Å². The fourth-order valence-corrected chi connectivity index (χ4v) is 3.57. The Morgan fingerprint density at radius 3 is 2.63 bits per heavy atom. The van der Waals surface area contributed by atoms with Crippen LogP contribution in [0.1, 0.15) is 43.6 Å². The molecule has 1 atom stereocenters. The number of ether oxygens (including phenoxy) is 1. The van der Waals surface area contributed by atoms with Gasteiger partial charge < -0.3 is 13.6 Å². The van der Waals surface area contributed by atoms with Crippen molar-refractivity contribution in [2.45, 2.75) is 46.1 Å². The van der Waals surface area contributed by atoms with Gasteiger partial charge in [0.2, 0.25) is 5.82 Å². The van der Waals surface area contributed by atoms with E-state index in [4.69, 9.17) is 13.6 Å². The Morgan fingerprint density at radius 1 is 1.15 bits per heavy atom. The fourth-order valence-electron chi connectivity index (χ4n) is 3.57. The number of hydrogen-bond acceptors (Lipinski definition) is 5. The van der Waals surface area contributed by atoms with Crippen molar-refractivity contribution in [2.24, 2.45) is 0 Å². The van der Waals surface area contributed by atoms with Gasteiger partial charge in [-0.2, -0.15) is 4.39 Å². The predicted octanol–water partition coefficient (Wildman–Crippen LogP) is 4.18. The summed E-state index contributed by atoms with van der Waals surface area (Å²) in [5, 5.41) is 0.398. The number of hydrogen-bond donors (Lipinski definition) is 0. The molecule has 0 saturated heterocycles. The van der Waals surface area contributed by atoms with Gasteiger partial charge in [0.1, 0.15) is 23.0 Å². The molecule has 0 N–H and O–H groups in total. The number of fused-ring (bicyclic) bond motifs is 6. The number of halogens is 1. The van der Waals surface area contributed by atoms with Crippen LogP contribution in [0.5, 0.6) is 5.75 Å². The molecule has 5 nitrogen and oxygen atoms in total. The van der Waals surface area contributed by atoms with E-state index in [1.165, 1.54) is 6.07 Å². The lowest BCUT2D eigenvalue weighted by molar-refractivity contribution is 0.233. The standard InChI is InChI=1S/C21H18FO5/c1-4-6-11-7-8-13-18(26-11)15-12(5-2)17(22)21(24)27-20(15)16-14(23)9-10(3)25-19(13)16/h7,9,11H,4-6H2,1-3H3. The first-order valence-corrected chi connectivity index (χ1v) is 8.98. The third kappa shape index (κ3) is 2.59. The van der Waals surface area contributed by atoms with E-state index >= 15 is 0 Å². The van der Waals surface area contributed by atoms with Gasteiger partial charge in [0.05, 0.1) is 10.9 Å². The van der Waals surface area contributed by atoms with Crippen LogP contribution in [-0.2, 0) is 6.42 Å². The van der Waals surface area contributed by atoms with E-state index in [-0.39, 0.29) is 40.1 Å². The molecule has 4 rings (SSSR count). The van der Waals surface area contributed by atoms with E-state index in [1.807, 2.05) is 6.92 Å². The smallest absolute Gasteiger partial charge is 0.372 e. The number of benzene rings is 1. The Balaban J connectivity index is 2.26. The highest BCUT2D eigenvalue weighted by molar-refractivity contribution is 6.08. The Kier molecular flexibility index (Phi) is 4.13. The van der Waals surface area contributed by atoms with Crippen LogP contribution in [0.3, 0.4) is 0 Å². The molecule has 0 fully saturated rings. The van der Waals surface area contributed by atoms with Gasteiger partial charge in [0.15, 0.2) is 16.6 Å². The Morgan fingerprint density at radius 2 is 1.93 bits per heavy atom. The maximum Gasteiger partial charge on any atom is 0.372 e. The van der Waals surface area contributed by atoms with Crippen LogP contribution in [0.2, 0.25) is 0 Å². The van der Waals surface area contributed by atoms with Gasteiger partial charge in [-0.15, -0.1) is 0 Å². The van der Waals surface area contributed by atoms with Crippen molar-refractivity contribution in [1.82, 2.24) is 0 Å². The van der Waals surface area contributed by atoms with Gasteiger partial charge in [-0.25, -0.2) is 4.79 Å². The van der Waals surface area contributed by atoms with Crippen LogP contribution >= 0.6 is 0 Å². The van der Waals surface area contributed by atoms with Crippen molar-refractivity contribution in [1.29, 1.82) is 0 Å². The zero-order valence-electron chi connectivity index (χ0n) is 15.3. The fraction of sp³-hybridized carbons (Fsp3) is 0.333. The van der Waals surface area contributed by atoms with E-state index in [0.29, 0.717) is 22.5 Å². The lowest BCUT2D eigenvalue weighted by Gasteiger charge is -2.24. The lowest BCUT2D eigenvalue weighted by Crippen LogP contribution is -2.20. The molecule has 0 aliphatic carbocycles. The molecule has 1 aromatic carbocycles. The molecule has 2 aromatic heterocycles. The highest BCUT2D eigenvalue weighted by atomic mass is 19.1. The van der Waals surface area contributed by atoms with Gasteiger partial charge in [0, 0.05) is 11.6 Å². The SMILES string of the molecule is CCCC1C=[C]c2c(c3c(CC)c(F)c(=O)oc3c3c(=O)cc(C)oc23)O1. The maximum atomic E-state index is 14.5. The Bertz CT molecular complexity index is 1220. The van der Waals surface area contributed by atoms with Crippen molar-refractivity contribution in [3.8, 4) is 5.75 Å². The number of rotatable bonds is 3. The zero-order valence-corrected chi connectivity index (χ0v) is 15.3. The summed E-state index contributed by atoms with van der Waals surface area (Å²) in [6, 6.07) is 1.32. The summed E-state index contributed by atoms with van der Waals surface area (Å²) in [6.07, 6.45) is 6.58. The van der Waals surface area contributed by atoms with Crippen LogP contribution in [0.15, 0.2) is 30.6 Å². The average molecular weight is 369 g/mol. The van der Waals surface area contributed by atoms with Gasteiger partial charge in [0.25, 0.3) is 0 Å². The summed E-state index contributed by atoms with van der Waals surface area (Å²) in [6.45, 7) is 5.42. The van der Waals surface area contributed by atoms with Crippen LogP contribution in [-0.4, -0.2) is 6.10 Å². The molecular formula is C21H18FO5. The molecule has 0 saturated carbocycles. The van der Waals surface area contributed by atoms with Gasteiger partial charge in [-0.1, -0.05) is 20.3 Å². The van der Waals surface area contributed by atoms with Gasteiger partial charge >= 0.3 is 5.63 Å². The average Bonchev–Trinajstić information content (AvgIpc) is 2.63. The second-order valence-electron chi connectivity index (χ2n) is 6.63. The van der Waals surface area contributed by atoms with Crippen molar-refractivity contribution in [3.05, 3.63) is 61.6 Å². The normalized spacial score (nSPS) is 15.9. The molecule has 0 amide bonds. The molecule has 139 valence electrons. The van der Waals surface area contributed by atoms with E-state index in [0.717, 1.165) is 12.8 Å². The molecule has 27 heavy (non-hydrogen) atoms. The molecular weight excluding hydrogens is 351 g/mol. The summed E-state index contributed by atoms with van der Waals surface area (Å²) in [5.74, 6) is -0.216. The topological polar surface area (TPSA) is 69.7 Å². The molecule has 1 aliphatic rings. The van der Waals surface area contributed by atoms with Crippen molar-refractivity contribution >= 4 is 21.9 Å². The van der Waals surface area contributed by atoms with Crippen LogP contribution in [0, 0.1) is 18.8 Å². The minimum Gasteiger partial charge on any atom is -0.485 e. The van der Waals surface area contributed by atoms with Crippen molar-refractivity contribution < 1.29 is 18.0 Å². The summed E-state index contributed by atoms with van der Waals surface area (Å²) in [7, 11) is 0. The Labute approximate surface area is 154 Å². The monoisotopic (exact) mass is 369 g/mol. The quantitative estimate of drug-likeness (QED) is 0.512. The van der Waals surface area contributed by atoms with Crippen molar-refractivity contribution in [2.75, 3.05) is 0 Å². The largest absolute Gasteiger partial charge is 0.485 e. The molecule has 3 aromatic rings. The first-order chi connectivity index (χ1) is 13.0. The highest BCUT2D eigenvalue weighted by Gasteiger charge is 2.28. The van der Waals surface area contributed by atoms with Crippen LogP contribution in [0.25, 0.3) is 21.9 Å². The van der Waals surface area contributed by atoms with Crippen LogP contribution in [0.4, 0.5) is 4.39 Å². The van der Waals surface area contributed by atoms with E-state index in [9.17, 15) is 14.0 Å². The molecule has 1 aliphatic heterocycles. The molecule has 1 unspecified atom stereocenters. The minimum atomic E-state index is -1.11. The first kappa shape index (κ1) is 17.5. The van der Waals surface area contributed by atoms with Crippen molar-refractivity contribution in [3.63, 3.8) is 0 Å². The van der Waals surface area contributed by atoms with E-state index in [2.05, 4.69) is 6.08 Å². The molecule has 0 bridgehead atoms. The maximum absolute atomic E-state index is 14.5. The van der Waals surface area contributed by atoms with E-state index < -0.39 is 11.4 Å². The minimum absolute atomic E-state index is 0.000279. The van der Waals surface area contributed by atoms with Gasteiger partial charge in [-0.3, -0.25) is 4.79 Å². The first-order valence-electron chi connectivity index (χ1n) is 8.98. The summed E-state index contributed by atoms with van der Waals surface area (Å²) < 4.78 is 31.6. The lowest BCUT2D eigenvalue weighted by atomic mass is 9.96. The zero-order chi connectivity index (χ0) is 19.3. The molecule has 3 heterocycles. The number of aryl methyl sites for hydroxylation is 2. The van der Waals surface area contributed by atoms with Crippen LogP contribution < -0.4 is 15.8 Å². The third-order valence-electron chi connectivity index (χ3n) is 4.76. The van der Waals surface area contributed by atoms with Gasteiger partial charge in [-0.05, 0) is 31.9 Å². The predicted molar refractivity (Wildman–Crippen MR) is 98.8 cm³/mol. The molecule has 6 heteroatoms. The summed E-state index contributed by atoms with van der Waals surface area (Å²) in [5.41, 5.74) is -0.644. The summed E-state index contributed by atoms with van der Waals surface area (Å²) in [4.78, 5) is 24.7. The molecule has 1 radical (unpaired) electrons. The second kappa shape index (κ2) is 6.37. The second-order valence-corrected chi connectivity index (χ2v) is 6.63. The third-order valence-corrected chi connectivity index (χ3v) is 4.76. The summed E-state index contributed by atoms with van der Waals surface area (Å²) >= 11 is 0. The highest BCUT2D eigenvalue weighted by Crippen LogP contribution is 2.42.